The number of carbonyl (C=O) groups excluding carboxylic acids is 1. The largest absolute Gasteiger partial charge is 0.350 e. The number of rotatable bonds is 6. The van der Waals surface area contributed by atoms with E-state index >= 15 is 0 Å². The van der Waals surface area contributed by atoms with Gasteiger partial charge in [0.1, 0.15) is 6.54 Å². The summed E-state index contributed by atoms with van der Waals surface area (Å²) in [5.74, 6) is -0.00527. The number of hydrogen-bond donors (Lipinski definition) is 1. The molecule has 0 spiro atoms. The van der Waals surface area contributed by atoms with Crippen LogP contribution in [0.15, 0.2) is 36.4 Å². The molecule has 1 aromatic heterocycles. The molecule has 0 fully saturated rings. The van der Waals surface area contributed by atoms with Crippen molar-refractivity contribution in [3.05, 3.63) is 53.3 Å². The van der Waals surface area contributed by atoms with Crippen molar-refractivity contribution >= 4 is 5.91 Å². The lowest BCUT2D eigenvalue weighted by Gasteiger charge is -2.07. The smallest absolute Gasteiger partial charge is 0.242 e. The van der Waals surface area contributed by atoms with Gasteiger partial charge in [-0.15, -0.1) is 0 Å². The second kappa shape index (κ2) is 6.89. The molecule has 0 aliphatic carbocycles. The van der Waals surface area contributed by atoms with Crippen LogP contribution in [-0.2, 0) is 30.7 Å². The van der Waals surface area contributed by atoms with E-state index in [1.54, 1.807) is 4.68 Å². The number of benzene rings is 1. The average Bonchev–Trinajstić information content (AvgIpc) is 2.88. The minimum absolute atomic E-state index is 0.00527. The number of hydrogen-bond acceptors (Lipinski definition) is 2. The Kier molecular flexibility index (Phi) is 4.93. The summed E-state index contributed by atoms with van der Waals surface area (Å²) in [5, 5.41) is 7.38. The normalized spacial score (nSPS) is 10.5. The van der Waals surface area contributed by atoms with E-state index in [4.69, 9.17) is 0 Å². The van der Waals surface area contributed by atoms with Crippen LogP contribution in [0.4, 0.5) is 0 Å². The maximum atomic E-state index is 12.0. The van der Waals surface area contributed by atoms with Gasteiger partial charge in [-0.05, 0) is 24.5 Å². The van der Waals surface area contributed by atoms with Crippen molar-refractivity contribution in [2.45, 2.75) is 39.8 Å². The molecule has 4 heteroatoms. The second-order valence-corrected chi connectivity index (χ2v) is 4.75. The zero-order chi connectivity index (χ0) is 14.4. The minimum atomic E-state index is -0.00527. The standard InChI is InChI=1S/C16H21N3O/c1-3-14-10-15(4-2)19(18-14)12-16(20)17-11-13-8-6-5-7-9-13/h5-10H,3-4,11-12H2,1-2H3,(H,17,20). The molecule has 0 aliphatic rings. The van der Waals surface area contributed by atoms with Crippen LogP contribution in [0.3, 0.4) is 0 Å². The van der Waals surface area contributed by atoms with Gasteiger partial charge in [0.2, 0.25) is 5.91 Å². The molecule has 106 valence electrons. The summed E-state index contributed by atoms with van der Waals surface area (Å²) in [6.45, 7) is 5.00. The molecule has 0 radical (unpaired) electrons. The molecule has 0 bridgehead atoms. The minimum Gasteiger partial charge on any atom is -0.350 e. The molecular weight excluding hydrogens is 250 g/mol. The Morgan fingerprint density at radius 1 is 1.20 bits per heavy atom. The SMILES string of the molecule is CCc1cc(CC)n(CC(=O)NCc2ccccc2)n1. The molecule has 0 saturated carbocycles. The van der Waals surface area contributed by atoms with Gasteiger partial charge in [-0.2, -0.15) is 5.10 Å². The van der Waals surface area contributed by atoms with Gasteiger partial charge in [0.25, 0.3) is 0 Å². The Labute approximate surface area is 119 Å². The molecule has 0 saturated heterocycles. The third kappa shape index (κ3) is 3.70. The Balaban J connectivity index is 1.92. The van der Waals surface area contributed by atoms with Crippen molar-refractivity contribution in [2.75, 3.05) is 0 Å². The molecule has 4 nitrogen and oxygen atoms in total. The van der Waals surface area contributed by atoms with Crippen LogP contribution in [0.1, 0.15) is 30.8 Å². The van der Waals surface area contributed by atoms with Crippen molar-refractivity contribution in [2.24, 2.45) is 0 Å². The molecule has 0 atom stereocenters. The van der Waals surface area contributed by atoms with Gasteiger partial charge in [0, 0.05) is 12.2 Å². The van der Waals surface area contributed by atoms with Gasteiger partial charge in [-0.25, -0.2) is 0 Å². The van der Waals surface area contributed by atoms with Crippen molar-refractivity contribution in [1.82, 2.24) is 15.1 Å². The summed E-state index contributed by atoms with van der Waals surface area (Å²) in [4.78, 5) is 12.0. The molecule has 1 heterocycles. The molecule has 0 unspecified atom stereocenters. The number of carbonyl (C=O) groups is 1. The van der Waals surface area contributed by atoms with Gasteiger partial charge in [-0.3, -0.25) is 9.48 Å². The van der Waals surface area contributed by atoms with E-state index in [0.29, 0.717) is 6.54 Å². The number of aromatic nitrogens is 2. The number of nitrogens with zero attached hydrogens (tertiary/aromatic N) is 2. The van der Waals surface area contributed by atoms with E-state index in [1.807, 2.05) is 30.3 Å². The third-order valence-electron chi connectivity index (χ3n) is 3.26. The van der Waals surface area contributed by atoms with Crippen LogP contribution in [0, 0.1) is 0 Å². The van der Waals surface area contributed by atoms with Gasteiger partial charge in [0.05, 0.1) is 5.69 Å². The van der Waals surface area contributed by atoms with E-state index < -0.39 is 0 Å². The first kappa shape index (κ1) is 14.3. The lowest BCUT2D eigenvalue weighted by molar-refractivity contribution is -0.122. The van der Waals surface area contributed by atoms with Crippen LogP contribution in [0.25, 0.3) is 0 Å². The average molecular weight is 271 g/mol. The zero-order valence-electron chi connectivity index (χ0n) is 12.1. The molecule has 0 aliphatic heterocycles. The molecule has 1 aromatic carbocycles. The molecule has 1 N–H and O–H groups in total. The maximum absolute atomic E-state index is 12.0. The Morgan fingerprint density at radius 3 is 2.60 bits per heavy atom. The highest BCUT2D eigenvalue weighted by molar-refractivity contribution is 5.75. The summed E-state index contributed by atoms with van der Waals surface area (Å²) in [6.07, 6.45) is 1.78. The maximum Gasteiger partial charge on any atom is 0.242 e. The van der Waals surface area contributed by atoms with Gasteiger partial charge >= 0.3 is 0 Å². The predicted molar refractivity (Wildman–Crippen MR) is 79.3 cm³/mol. The fraction of sp³-hybridized carbons (Fsp3) is 0.375. The predicted octanol–water partition coefficient (Wildman–Crippen LogP) is 2.32. The third-order valence-corrected chi connectivity index (χ3v) is 3.26. The van der Waals surface area contributed by atoms with E-state index in [0.717, 1.165) is 29.8 Å². The van der Waals surface area contributed by atoms with Crippen LogP contribution in [0.5, 0.6) is 0 Å². The van der Waals surface area contributed by atoms with Crippen LogP contribution in [0.2, 0.25) is 0 Å². The van der Waals surface area contributed by atoms with Crippen molar-refractivity contribution < 1.29 is 4.79 Å². The first-order chi connectivity index (χ1) is 9.72. The van der Waals surface area contributed by atoms with Gasteiger partial charge in [-0.1, -0.05) is 44.2 Å². The molecule has 20 heavy (non-hydrogen) atoms. The van der Waals surface area contributed by atoms with E-state index in [2.05, 4.69) is 30.3 Å². The molecular formula is C16H21N3O. The van der Waals surface area contributed by atoms with E-state index in [1.165, 1.54) is 0 Å². The monoisotopic (exact) mass is 271 g/mol. The first-order valence-electron chi connectivity index (χ1n) is 7.09. The highest BCUT2D eigenvalue weighted by atomic mass is 16.2. The number of nitrogens with one attached hydrogen (secondary N) is 1. The summed E-state index contributed by atoms with van der Waals surface area (Å²) in [7, 11) is 0. The van der Waals surface area contributed by atoms with Crippen LogP contribution < -0.4 is 5.32 Å². The van der Waals surface area contributed by atoms with E-state index in [-0.39, 0.29) is 12.5 Å². The fourth-order valence-electron chi connectivity index (χ4n) is 2.10. The number of aryl methyl sites for hydroxylation is 2. The first-order valence-corrected chi connectivity index (χ1v) is 7.09. The van der Waals surface area contributed by atoms with Gasteiger partial charge < -0.3 is 5.32 Å². The summed E-state index contributed by atoms with van der Waals surface area (Å²) in [5.41, 5.74) is 3.25. The Hall–Kier alpha value is -2.10. The van der Waals surface area contributed by atoms with Crippen molar-refractivity contribution in [3.63, 3.8) is 0 Å². The van der Waals surface area contributed by atoms with E-state index in [9.17, 15) is 4.79 Å². The quantitative estimate of drug-likeness (QED) is 0.876. The molecule has 1 amide bonds. The lowest BCUT2D eigenvalue weighted by Crippen LogP contribution is -2.28. The van der Waals surface area contributed by atoms with Crippen molar-refractivity contribution in [3.8, 4) is 0 Å². The summed E-state index contributed by atoms with van der Waals surface area (Å²) < 4.78 is 1.80. The summed E-state index contributed by atoms with van der Waals surface area (Å²) in [6, 6.07) is 12.0. The highest BCUT2D eigenvalue weighted by Gasteiger charge is 2.09. The lowest BCUT2D eigenvalue weighted by atomic mass is 10.2. The Morgan fingerprint density at radius 2 is 1.95 bits per heavy atom. The van der Waals surface area contributed by atoms with Crippen LogP contribution >= 0.6 is 0 Å². The molecule has 2 rings (SSSR count). The van der Waals surface area contributed by atoms with Gasteiger partial charge in [0.15, 0.2) is 0 Å². The number of amides is 1. The molecule has 2 aromatic rings. The zero-order valence-corrected chi connectivity index (χ0v) is 12.1. The second-order valence-electron chi connectivity index (χ2n) is 4.75. The van der Waals surface area contributed by atoms with Crippen molar-refractivity contribution in [1.29, 1.82) is 0 Å². The summed E-state index contributed by atoms with van der Waals surface area (Å²) >= 11 is 0. The Bertz CT molecular complexity index is 560. The fourth-order valence-corrected chi connectivity index (χ4v) is 2.10. The highest BCUT2D eigenvalue weighted by Crippen LogP contribution is 2.06. The van der Waals surface area contributed by atoms with Crippen LogP contribution in [-0.4, -0.2) is 15.7 Å². The topological polar surface area (TPSA) is 46.9 Å².